The van der Waals surface area contributed by atoms with Crippen LogP contribution in [0.25, 0.3) is 0 Å². The molecule has 0 spiro atoms. The minimum atomic E-state index is 0.527. The van der Waals surface area contributed by atoms with Gasteiger partial charge in [-0.25, -0.2) is 0 Å². The van der Waals surface area contributed by atoms with Gasteiger partial charge in [-0.2, -0.15) is 0 Å². The summed E-state index contributed by atoms with van der Waals surface area (Å²) in [6.45, 7) is 4.57. The highest BCUT2D eigenvalue weighted by Crippen LogP contribution is 2.51. The number of rotatable bonds is 2. The Morgan fingerprint density at radius 3 is 2.73 bits per heavy atom. The molecule has 2 bridgehead atoms. The van der Waals surface area contributed by atoms with E-state index in [-0.39, 0.29) is 0 Å². The van der Waals surface area contributed by atoms with Gasteiger partial charge >= 0.3 is 0 Å². The summed E-state index contributed by atoms with van der Waals surface area (Å²) in [5.41, 5.74) is 0.527. The standard InChI is InChI=1S/C11H17/c1-9(2)7-11-5-3-10(8-11)4-6-11/h3,5,7,9-10H,4,6,8H2,1-2H3. The fraction of sp³-hybridized carbons (Fsp3) is 0.727. The van der Waals surface area contributed by atoms with Gasteiger partial charge in [0, 0.05) is 0 Å². The molecule has 0 aromatic heterocycles. The van der Waals surface area contributed by atoms with E-state index in [4.69, 9.17) is 0 Å². The van der Waals surface area contributed by atoms with Crippen LogP contribution in [-0.4, -0.2) is 0 Å². The molecule has 1 saturated carbocycles. The van der Waals surface area contributed by atoms with Gasteiger partial charge in [-0.1, -0.05) is 26.0 Å². The molecule has 0 heteroatoms. The molecule has 61 valence electrons. The third kappa shape index (κ3) is 1.23. The maximum Gasteiger partial charge on any atom is -0.00786 e. The Morgan fingerprint density at radius 2 is 2.36 bits per heavy atom. The van der Waals surface area contributed by atoms with E-state index in [1.807, 2.05) is 0 Å². The topological polar surface area (TPSA) is 0 Å². The first kappa shape index (κ1) is 7.39. The highest BCUT2D eigenvalue weighted by molar-refractivity contribution is 5.20. The number of allylic oxidation sites excluding steroid dienone is 2. The van der Waals surface area contributed by atoms with Gasteiger partial charge in [0.2, 0.25) is 0 Å². The zero-order valence-electron chi connectivity index (χ0n) is 7.51. The van der Waals surface area contributed by atoms with Crippen LogP contribution < -0.4 is 0 Å². The minimum absolute atomic E-state index is 0.527. The predicted molar refractivity (Wildman–Crippen MR) is 48.1 cm³/mol. The Kier molecular flexibility index (Phi) is 1.59. The fourth-order valence-electron chi connectivity index (χ4n) is 2.66. The summed E-state index contributed by atoms with van der Waals surface area (Å²) in [4.78, 5) is 0. The molecule has 0 heterocycles. The van der Waals surface area contributed by atoms with E-state index >= 15 is 0 Å². The van der Waals surface area contributed by atoms with Gasteiger partial charge < -0.3 is 0 Å². The largest absolute Gasteiger partial charge is 0.0848 e. The quantitative estimate of drug-likeness (QED) is 0.529. The third-order valence-corrected chi connectivity index (χ3v) is 2.99. The Balaban J connectivity index is 2.06. The van der Waals surface area contributed by atoms with Gasteiger partial charge in [0.05, 0.1) is 0 Å². The van der Waals surface area contributed by atoms with Gasteiger partial charge in [-0.15, -0.1) is 0 Å². The number of hydrogen-bond donors (Lipinski definition) is 0. The zero-order valence-corrected chi connectivity index (χ0v) is 7.51. The first-order chi connectivity index (χ1) is 5.20. The van der Waals surface area contributed by atoms with Gasteiger partial charge in [-0.3, -0.25) is 0 Å². The van der Waals surface area contributed by atoms with Gasteiger partial charge in [0.25, 0.3) is 0 Å². The SMILES string of the molecule is CC(C)[CH]C12C=CC(CC1)C2. The molecule has 2 rings (SSSR count). The van der Waals surface area contributed by atoms with Crippen molar-refractivity contribution < 1.29 is 0 Å². The summed E-state index contributed by atoms with van der Waals surface area (Å²) in [6.07, 6.45) is 11.7. The molecule has 2 aliphatic carbocycles. The molecule has 2 aliphatic rings. The average molecular weight is 149 g/mol. The van der Waals surface area contributed by atoms with Crippen LogP contribution in [0.1, 0.15) is 33.1 Å². The van der Waals surface area contributed by atoms with Crippen molar-refractivity contribution in [2.24, 2.45) is 17.3 Å². The van der Waals surface area contributed by atoms with Crippen molar-refractivity contribution in [2.75, 3.05) is 0 Å². The molecule has 0 saturated heterocycles. The van der Waals surface area contributed by atoms with Crippen molar-refractivity contribution in [3.63, 3.8) is 0 Å². The summed E-state index contributed by atoms with van der Waals surface area (Å²) < 4.78 is 0. The summed E-state index contributed by atoms with van der Waals surface area (Å²) in [6, 6.07) is 0. The maximum absolute atomic E-state index is 2.54. The molecule has 2 unspecified atom stereocenters. The lowest BCUT2D eigenvalue weighted by Crippen LogP contribution is -2.15. The Hall–Kier alpha value is -0.260. The van der Waals surface area contributed by atoms with Gasteiger partial charge in [0.15, 0.2) is 0 Å². The smallest absolute Gasteiger partial charge is 0.00786 e. The molecule has 0 N–H and O–H groups in total. The Bertz CT molecular complexity index is 178. The highest BCUT2D eigenvalue weighted by Gasteiger charge is 2.40. The molecule has 1 radical (unpaired) electrons. The van der Waals surface area contributed by atoms with Crippen molar-refractivity contribution in [3.05, 3.63) is 18.6 Å². The van der Waals surface area contributed by atoms with Crippen LogP contribution in [-0.2, 0) is 0 Å². The summed E-state index contributed by atoms with van der Waals surface area (Å²) in [5.74, 6) is 1.67. The van der Waals surface area contributed by atoms with E-state index < -0.39 is 0 Å². The zero-order chi connectivity index (χ0) is 7.90. The molecule has 0 amide bonds. The molecule has 11 heavy (non-hydrogen) atoms. The van der Waals surface area contributed by atoms with Crippen LogP contribution in [0.2, 0.25) is 0 Å². The van der Waals surface area contributed by atoms with E-state index in [1.54, 1.807) is 0 Å². The molecular weight excluding hydrogens is 132 g/mol. The first-order valence-electron chi connectivity index (χ1n) is 4.76. The maximum atomic E-state index is 2.54. The molecule has 0 aromatic rings. The Labute approximate surface area is 69.7 Å². The lowest BCUT2D eigenvalue weighted by atomic mass is 9.80. The van der Waals surface area contributed by atoms with Crippen LogP contribution in [0, 0.1) is 23.7 Å². The predicted octanol–water partition coefficient (Wildman–Crippen LogP) is 3.20. The summed E-state index contributed by atoms with van der Waals surface area (Å²) in [5, 5.41) is 0. The van der Waals surface area contributed by atoms with E-state index in [2.05, 4.69) is 32.4 Å². The van der Waals surface area contributed by atoms with E-state index in [9.17, 15) is 0 Å². The van der Waals surface area contributed by atoms with Gasteiger partial charge in [0.1, 0.15) is 0 Å². The van der Waals surface area contributed by atoms with E-state index in [1.165, 1.54) is 19.3 Å². The van der Waals surface area contributed by atoms with Crippen molar-refractivity contribution >= 4 is 0 Å². The van der Waals surface area contributed by atoms with Crippen LogP contribution in [0.5, 0.6) is 0 Å². The summed E-state index contributed by atoms with van der Waals surface area (Å²) >= 11 is 0. The van der Waals surface area contributed by atoms with Crippen molar-refractivity contribution in [2.45, 2.75) is 33.1 Å². The number of hydrogen-bond acceptors (Lipinski definition) is 0. The van der Waals surface area contributed by atoms with Gasteiger partial charge in [-0.05, 0) is 42.9 Å². The molecule has 1 fully saturated rings. The molecule has 0 nitrogen and oxygen atoms in total. The second-order valence-corrected chi connectivity index (χ2v) is 4.51. The van der Waals surface area contributed by atoms with Crippen LogP contribution in [0.4, 0.5) is 0 Å². The second-order valence-electron chi connectivity index (χ2n) is 4.51. The normalized spacial score (nSPS) is 40.8. The number of fused-ring (bicyclic) bond motifs is 2. The monoisotopic (exact) mass is 149 g/mol. The molecule has 0 aromatic carbocycles. The third-order valence-electron chi connectivity index (χ3n) is 2.99. The van der Waals surface area contributed by atoms with Crippen molar-refractivity contribution in [1.29, 1.82) is 0 Å². The van der Waals surface area contributed by atoms with Crippen molar-refractivity contribution in [3.8, 4) is 0 Å². The lowest BCUT2D eigenvalue weighted by molar-refractivity contribution is 0.428. The average Bonchev–Trinajstić information content (AvgIpc) is 2.43. The molecular formula is C11H17. The lowest BCUT2D eigenvalue weighted by Gasteiger charge is -2.24. The molecule has 2 atom stereocenters. The highest BCUT2D eigenvalue weighted by atomic mass is 14.4. The second kappa shape index (κ2) is 2.36. The van der Waals surface area contributed by atoms with Crippen LogP contribution >= 0.6 is 0 Å². The Morgan fingerprint density at radius 1 is 1.55 bits per heavy atom. The minimum Gasteiger partial charge on any atom is -0.0848 e. The van der Waals surface area contributed by atoms with Crippen molar-refractivity contribution in [1.82, 2.24) is 0 Å². The first-order valence-corrected chi connectivity index (χ1v) is 4.76. The van der Waals surface area contributed by atoms with Crippen LogP contribution in [0.3, 0.4) is 0 Å². The summed E-state index contributed by atoms with van der Waals surface area (Å²) in [7, 11) is 0. The van der Waals surface area contributed by atoms with E-state index in [0.29, 0.717) is 5.41 Å². The van der Waals surface area contributed by atoms with Crippen LogP contribution in [0.15, 0.2) is 12.2 Å². The fourth-order valence-corrected chi connectivity index (χ4v) is 2.66. The van der Waals surface area contributed by atoms with E-state index in [0.717, 1.165) is 11.8 Å². The molecule has 0 aliphatic heterocycles.